The summed E-state index contributed by atoms with van der Waals surface area (Å²) in [4.78, 5) is 40.2. The third-order valence-electron chi connectivity index (χ3n) is 4.79. The molecule has 1 fully saturated rings. The summed E-state index contributed by atoms with van der Waals surface area (Å²) in [5.41, 5.74) is 1.27. The van der Waals surface area contributed by atoms with Crippen LogP contribution in [-0.2, 0) is 20.9 Å². The van der Waals surface area contributed by atoms with Crippen LogP contribution in [0, 0.1) is 11.7 Å². The van der Waals surface area contributed by atoms with Gasteiger partial charge in [-0.25, -0.2) is 4.39 Å². The van der Waals surface area contributed by atoms with E-state index in [1.165, 1.54) is 28.0 Å². The molecule has 2 aromatic carbocycles. The molecule has 0 spiro atoms. The van der Waals surface area contributed by atoms with E-state index in [0.29, 0.717) is 24.3 Å². The molecule has 1 aliphatic rings. The minimum atomic E-state index is -0.624. The van der Waals surface area contributed by atoms with Crippen LogP contribution in [0.2, 0.25) is 5.02 Å². The minimum Gasteiger partial charge on any atom is -0.352 e. The Hall–Kier alpha value is -2.93. The summed E-state index contributed by atoms with van der Waals surface area (Å²) in [5, 5.41) is 2.96. The Balaban J connectivity index is 1.55. The van der Waals surface area contributed by atoms with Crippen LogP contribution in [0.5, 0.6) is 0 Å². The number of anilines is 1. The third kappa shape index (κ3) is 4.92. The molecule has 0 bridgehead atoms. The number of carbonyl (C=O) groups excluding carboxylic acids is 3. The fraction of sp³-hybridized carbons (Fsp3) is 0.286. The Bertz CT molecular complexity index is 923. The number of para-hydroxylation sites is 1. The highest BCUT2D eigenvalue weighted by Crippen LogP contribution is 2.19. The molecule has 1 atom stereocenters. The molecule has 8 heteroatoms. The van der Waals surface area contributed by atoms with Crippen LogP contribution < -0.4 is 10.2 Å². The van der Waals surface area contributed by atoms with E-state index in [-0.39, 0.29) is 24.0 Å². The first-order chi connectivity index (χ1) is 13.9. The smallest absolute Gasteiger partial charge is 0.316 e. The second-order valence-electron chi connectivity index (χ2n) is 6.90. The number of amides is 3. The van der Waals surface area contributed by atoms with Crippen LogP contribution in [0.1, 0.15) is 12.5 Å². The summed E-state index contributed by atoms with van der Waals surface area (Å²) >= 11 is 5.96. The predicted molar refractivity (Wildman–Crippen MR) is 108 cm³/mol. The van der Waals surface area contributed by atoms with E-state index in [1.54, 1.807) is 31.2 Å². The summed E-state index contributed by atoms with van der Waals surface area (Å²) in [6.07, 6.45) is 0. The van der Waals surface area contributed by atoms with Crippen molar-refractivity contribution in [2.45, 2.75) is 13.5 Å². The Morgan fingerprint density at radius 3 is 2.55 bits per heavy atom. The molecular formula is C21H21ClFN3O3. The highest BCUT2D eigenvalue weighted by molar-refractivity contribution is 6.41. The highest BCUT2D eigenvalue weighted by atomic mass is 35.5. The van der Waals surface area contributed by atoms with E-state index >= 15 is 0 Å². The molecule has 0 aliphatic carbocycles. The molecule has 6 nitrogen and oxygen atoms in total. The number of nitrogens with zero attached hydrogens (tertiary/aromatic N) is 2. The van der Waals surface area contributed by atoms with E-state index in [9.17, 15) is 18.8 Å². The topological polar surface area (TPSA) is 69.7 Å². The van der Waals surface area contributed by atoms with E-state index in [1.807, 2.05) is 6.07 Å². The molecule has 1 aliphatic heterocycles. The van der Waals surface area contributed by atoms with Gasteiger partial charge in [0.15, 0.2) is 0 Å². The molecule has 0 radical (unpaired) electrons. The van der Waals surface area contributed by atoms with Gasteiger partial charge in [0.05, 0.1) is 5.92 Å². The van der Waals surface area contributed by atoms with Gasteiger partial charge in [0.2, 0.25) is 5.91 Å². The fourth-order valence-electron chi connectivity index (χ4n) is 3.14. The lowest BCUT2D eigenvalue weighted by Gasteiger charge is -2.34. The van der Waals surface area contributed by atoms with Gasteiger partial charge >= 0.3 is 11.8 Å². The summed E-state index contributed by atoms with van der Waals surface area (Å²) < 4.78 is 13.1. The van der Waals surface area contributed by atoms with Crippen LogP contribution in [0.25, 0.3) is 0 Å². The van der Waals surface area contributed by atoms with Crippen LogP contribution in [0.3, 0.4) is 0 Å². The number of halogens is 2. The molecule has 3 rings (SSSR count). The number of nitrogens with one attached hydrogen (secondary N) is 1. The van der Waals surface area contributed by atoms with Gasteiger partial charge in [0, 0.05) is 36.9 Å². The molecule has 2 aromatic rings. The van der Waals surface area contributed by atoms with Crippen molar-refractivity contribution in [1.29, 1.82) is 0 Å². The number of benzene rings is 2. The molecule has 1 N–H and O–H groups in total. The Labute approximate surface area is 173 Å². The predicted octanol–water partition coefficient (Wildman–Crippen LogP) is 2.61. The van der Waals surface area contributed by atoms with Gasteiger partial charge < -0.3 is 15.1 Å². The van der Waals surface area contributed by atoms with E-state index in [0.717, 1.165) is 0 Å². The molecule has 1 saturated heterocycles. The zero-order valence-electron chi connectivity index (χ0n) is 15.9. The average Bonchev–Trinajstić information content (AvgIpc) is 2.71. The van der Waals surface area contributed by atoms with Crippen molar-refractivity contribution in [2.75, 3.05) is 24.5 Å². The number of carbonyl (C=O) groups is 3. The van der Waals surface area contributed by atoms with Crippen molar-refractivity contribution in [3.63, 3.8) is 0 Å². The zero-order valence-corrected chi connectivity index (χ0v) is 16.7. The largest absolute Gasteiger partial charge is 0.352 e. The van der Waals surface area contributed by atoms with E-state index in [4.69, 9.17) is 11.6 Å². The van der Waals surface area contributed by atoms with Crippen LogP contribution in [-0.4, -0.2) is 42.3 Å². The first kappa shape index (κ1) is 20.8. The average molecular weight is 418 g/mol. The van der Waals surface area contributed by atoms with Crippen LogP contribution >= 0.6 is 11.6 Å². The quantitative estimate of drug-likeness (QED) is 0.734. The van der Waals surface area contributed by atoms with Crippen molar-refractivity contribution in [1.82, 2.24) is 10.2 Å². The second kappa shape index (κ2) is 9.05. The lowest BCUT2D eigenvalue weighted by atomic mass is 10.1. The fourth-order valence-corrected chi connectivity index (χ4v) is 3.37. The van der Waals surface area contributed by atoms with Crippen molar-refractivity contribution < 1.29 is 18.8 Å². The molecular weight excluding hydrogens is 397 g/mol. The molecule has 29 heavy (non-hydrogen) atoms. The first-order valence-corrected chi connectivity index (χ1v) is 9.62. The third-order valence-corrected chi connectivity index (χ3v) is 5.14. The number of hydrogen-bond acceptors (Lipinski definition) is 3. The molecule has 152 valence electrons. The maximum Gasteiger partial charge on any atom is 0.316 e. The van der Waals surface area contributed by atoms with Gasteiger partial charge in [-0.3, -0.25) is 14.4 Å². The Morgan fingerprint density at radius 2 is 1.86 bits per heavy atom. The van der Waals surface area contributed by atoms with Crippen molar-refractivity contribution >= 4 is 35.0 Å². The first-order valence-electron chi connectivity index (χ1n) is 9.24. The summed E-state index contributed by atoms with van der Waals surface area (Å²) in [6, 6.07) is 13.0. The number of hydrogen-bond donors (Lipinski definition) is 1. The molecule has 0 saturated carbocycles. The van der Waals surface area contributed by atoms with Gasteiger partial charge in [-0.1, -0.05) is 42.8 Å². The van der Waals surface area contributed by atoms with Gasteiger partial charge in [0.1, 0.15) is 5.82 Å². The van der Waals surface area contributed by atoms with Crippen LogP contribution in [0.15, 0.2) is 48.5 Å². The maximum atomic E-state index is 13.1. The number of rotatable bonds is 6. The molecule has 1 heterocycles. The van der Waals surface area contributed by atoms with Gasteiger partial charge in [-0.05, 0) is 29.8 Å². The van der Waals surface area contributed by atoms with Gasteiger partial charge in [-0.15, -0.1) is 0 Å². The van der Waals surface area contributed by atoms with Crippen molar-refractivity contribution in [3.05, 3.63) is 64.9 Å². The number of piperazine rings is 1. The highest BCUT2D eigenvalue weighted by Gasteiger charge is 2.34. The van der Waals surface area contributed by atoms with E-state index in [2.05, 4.69) is 5.32 Å². The summed E-state index contributed by atoms with van der Waals surface area (Å²) in [5.74, 6) is -2.48. The van der Waals surface area contributed by atoms with Crippen molar-refractivity contribution in [2.24, 2.45) is 5.92 Å². The standard InChI is InChI=1S/C21H21ClFN3O3/c1-14(19(27)24-12-15-7-8-16(23)11-18(15)22)13-25-9-10-26(21(29)20(25)28)17-5-3-2-4-6-17/h2-8,11,14H,9-10,12-13H2,1H3,(H,24,27)/t14-/m1/s1. The van der Waals surface area contributed by atoms with E-state index < -0.39 is 23.5 Å². The zero-order chi connectivity index (χ0) is 21.0. The summed E-state index contributed by atoms with van der Waals surface area (Å²) in [7, 11) is 0. The Kier molecular flexibility index (Phi) is 6.49. The second-order valence-corrected chi connectivity index (χ2v) is 7.31. The lowest BCUT2D eigenvalue weighted by molar-refractivity contribution is -0.147. The van der Waals surface area contributed by atoms with Crippen LogP contribution in [0.4, 0.5) is 10.1 Å². The molecule has 0 aromatic heterocycles. The summed E-state index contributed by atoms with van der Waals surface area (Å²) in [6.45, 7) is 2.69. The lowest BCUT2D eigenvalue weighted by Crippen LogP contribution is -2.56. The molecule has 0 unspecified atom stereocenters. The maximum absolute atomic E-state index is 13.1. The van der Waals surface area contributed by atoms with Crippen molar-refractivity contribution in [3.8, 4) is 0 Å². The minimum absolute atomic E-state index is 0.135. The van der Waals surface area contributed by atoms with Gasteiger partial charge in [0.25, 0.3) is 0 Å². The molecule has 3 amide bonds. The normalized spacial score (nSPS) is 15.4. The monoisotopic (exact) mass is 417 g/mol. The Morgan fingerprint density at radius 1 is 1.14 bits per heavy atom. The van der Waals surface area contributed by atoms with Gasteiger partial charge in [-0.2, -0.15) is 0 Å². The SMILES string of the molecule is C[C@H](CN1CCN(c2ccccc2)C(=O)C1=O)C(=O)NCc1ccc(F)cc1Cl.